The van der Waals surface area contributed by atoms with Gasteiger partial charge < -0.3 is 0 Å². The van der Waals surface area contributed by atoms with Crippen LogP contribution >= 0.6 is 15.9 Å². The van der Waals surface area contributed by atoms with Crippen LogP contribution in [-0.2, 0) is 19.9 Å². The first kappa shape index (κ1) is 19.1. The molecule has 0 N–H and O–H groups in total. The molecule has 130 valence electrons. The van der Waals surface area contributed by atoms with Gasteiger partial charge in [0, 0.05) is 23.8 Å². The molecule has 0 spiro atoms. The van der Waals surface area contributed by atoms with Gasteiger partial charge in [-0.1, -0.05) is 24.3 Å². The van der Waals surface area contributed by atoms with E-state index in [4.69, 9.17) is 0 Å². The average molecular weight is 432 g/mol. The molecule has 0 aliphatic heterocycles. The average Bonchev–Trinajstić information content (AvgIpc) is 2.53. The number of nitrogens with zero attached hydrogens (tertiary/aromatic N) is 1. The maximum Gasteiger partial charge on any atom is 0.244 e. The minimum Gasteiger partial charge on any atom is -0.224 e. The van der Waals surface area contributed by atoms with E-state index < -0.39 is 25.9 Å². The third-order valence-corrected chi connectivity index (χ3v) is 7.90. The van der Waals surface area contributed by atoms with Gasteiger partial charge in [0.25, 0.3) is 0 Å². The number of halogens is 1. The number of hydrogen-bond donors (Lipinski definition) is 0. The third kappa shape index (κ3) is 3.88. The van der Waals surface area contributed by atoms with E-state index in [1.807, 2.05) is 0 Å². The predicted octanol–water partition coefficient (Wildman–Crippen LogP) is 3.23. The van der Waals surface area contributed by atoms with E-state index in [0.717, 1.165) is 6.26 Å². The molecule has 1 atom stereocenters. The Morgan fingerprint density at radius 1 is 0.958 bits per heavy atom. The molecule has 0 aliphatic carbocycles. The number of benzene rings is 2. The molecule has 8 heteroatoms. The van der Waals surface area contributed by atoms with Crippen LogP contribution < -0.4 is 0 Å². The first-order valence-corrected chi connectivity index (χ1v) is 11.2. The van der Waals surface area contributed by atoms with Gasteiger partial charge in [0.15, 0.2) is 9.84 Å². The first-order valence-electron chi connectivity index (χ1n) is 7.07. The maximum atomic E-state index is 12.8. The normalized spacial score (nSPS) is 13.9. The van der Waals surface area contributed by atoms with Gasteiger partial charge >= 0.3 is 0 Å². The summed E-state index contributed by atoms with van der Waals surface area (Å²) in [6.45, 7) is 1.75. The summed E-state index contributed by atoms with van der Waals surface area (Å²) < 4.78 is 50.4. The fraction of sp³-hybridized carbons (Fsp3) is 0.250. The van der Waals surface area contributed by atoms with Crippen LogP contribution in [0.3, 0.4) is 0 Å². The maximum absolute atomic E-state index is 12.8. The quantitative estimate of drug-likeness (QED) is 0.728. The number of hydrogen-bond acceptors (Lipinski definition) is 4. The fourth-order valence-electron chi connectivity index (χ4n) is 2.22. The molecule has 2 aromatic rings. The smallest absolute Gasteiger partial charge is 0.224 e. The van der Waals surface area contributed by atoms with Gasteiger partial charge in [-0.15, -0.1) is 0 Å². The molecule has 0 heterocycles. The summed E-state index contributed by atoms with van der Waals surface area (Å²) in [6, 6.07) is 12.4. The van der Waals surface area contributed by atoms with Crippen LogP contribution in [0.4, 0.5) is 0 Å². The summed E-state index contributed by atoms with van der Waals surface area (Å²) in [7, 11) is -5.46. The minimum atomic E-state index is -3.69. The van der Waals surface area contributed by atoms with Crippen LogP contribution in [0.25, 0.3) is 0 Å². The molecule has 2 rings (SSSR count). The SMILES string of the molecule is C[C@@H](c1ccc(S(C)(=O)=O)cc1)N(C)S(=O)(=O)c1ccccc1Br. The molecular weight excluding hydrogens is 414 g/mol. The van der Waals surface area contributed by atoms with Gasteiger partial charge in [-0.25, -0.2) is 16.8 Å². The zero-order valence-electron chi connectivity index (χ0n) is 13.5. The van der Waals surface area contributed by atoms with Crippen molar-refractivity contribution in [2.45, 2.75) is 22.8 Å². The van der Waals surface area contributed by atoms with Gasteiger partial charge in [0.1, 0.15) is 0 Å². The third-order valence-electron chi connectivity index (χ3n) is 3.83. The number of sulfone groups is 1. The minimum absolute atomic E-state index is 0.187. The lowest BCUT2D eigenvalue weighted by Gasteiger charge is -2.25. The van der Waals surface area contributed by atoms with Crippen molar-refractivity contribution >= 4 is 35.8 Å². The van der Waals surface area contributed by atoms with Gasteiger partial charge in [-0.05, 0) is 52.7 Å². The van der Waals surface area contributed by atoms with Crippen molar-refractivity contribution < 1.29 is 16.8 Å². The van der Waals surface area contributed by atoms with E-state index in [-0.39, 0.29) is 9.79 Å². The molecule has 24 heavy (non-hydrogen) atoms. The van der Waals surface area contributed by atoms with Crippen LogP contribution in [0.5, 0.6) is 0 Å². The van der Waals surface area contributed by atoms with Crippen LogP contribution in [0.15, 0.2) is 62.8 Å². The highest BCUT2D eigenvalue weighted by Gasteiger charge is 2.28. The summed E-state index contributed by atoms with van der Waals surface area (Å²) >= 11 is 3.26. The number of rotatable bonds is 5. The second-order valence-corrected chi connectivity index (χ2v) is 10.3. The Labute approximate surface area is 151 Å². The lowest BCUT2D eigenvalue weighted by Crippen LogP contribution is -2.30. The summed E-state index contributed by atoms with van der Waals surface area (Å²) in [4.78, 5) is 0.391. The van der Waals surface area contributed by atoms with Gasteiger partial charge in [-0.3, -0.25) is 0 Å². The van der Waals surface area contributed by atoms with Crippen LogP contribution in [0.1, 0.15) is 18.5 Å². The van der Waals surface area contributed by atoms with Crippen molar-refractivity contribution in [3.05, 3.63) is 58.6 Å². The molecule has 0 bridgehead atoms. The van der Waals surface area contributed by atoms with Crippen LogP contribution in [-0.4, -0.2) is 34.4 Å². The monoisotopic (exact) mass is 431 g/mol. The predicted molar refractivity (Wildman–Crippen MR) is 97.1 cm³/mol. The van der Waals surface area contributed by atoms with Gasteiger partial charge in [-0.2, -0.15) is 4.31 Å². The Hall–Kier alpha value is -1.22. The van der Waals surface area contributed by atoms with Gasteiger partial charge in [0.05, 0.1) is 9.79 Å². The van der Waals surface area contributed by atoms with Crippen LogP contribution in [0, 0.1) is 0 Å². The molecule has 0 saturated heterocycles. The molecule has 0 amide bonds. The van der Waals surface area contributed by atoms with E-state index in [9.17, 15) is 16.8 Å². The van der Waals surface area contributed by atoms with E-state index in [0.29, 0.717) is 10.0 Å². The highest BCUT2D eigenvalue weighted by Crippen LogP contribution is 2.30. The van der Waals surface area contributed by atoms with E-state index in [1.165, 1.54) is 29.6 Å². The highest BCUT2D eigenvalue weighted by molar-refractivity contribution is 9.10. The van der Waals surface area contributed by atoms with Crippen molar-refractivity contribution in [1.82, 2.24) is 4.31 Å². The Balaban J connectivity index is 2.36. The zero-order valence-corrected chi connectivity index (χ0v) is 16.7. The summed E-state index contributed by atoms with van der Waals surface area (Å²) in [5, 5.41) is 0. The Kier molecular flexibility index (Phi) is 5.54. The summed E-state index contributed by atoms with van der Waals surface area (Å²) in [5.41, 5.74) is 0.709. The molecular formula is C16H18BrNO4S2. The molecule has 0 aliphatic rings. The second kappa shape index (κ2) is 6.95. The molecule has 5 nitrogen and oxygen atoms in total. The van der Waals surface area contributed by atoms with Crippen molar-refractivity contribution in [2.75, 3.05) is 13.3 Å². The van der Waals surface area contributed by atoms with Crippen molar-refractivity contribution in [2.24, 2.45) is 0 Å². The standard InChI is InChI=1S/C16H18BrNO4S2/c1-12(13-8-10-14(11-9-13)23(3,19)20)18(2)24(21,22)16-7-5-4-6-15(16)17/h4-12H,1-3H3/t12-/m0/s1. The molecule has 0 radical (unpaired) electrons. The first-order chi connectivity index (χ1) is 11.0. The lowest BCUT2D eigenvalue weighted by molar-refractivity contribution is 0.398. The van der Waals surface area contributed by atoms with Crippen molar-refractivity contribution in [3.63, 3.8) is 0 Å². The second-order valence-electron chi connectivity index (χ2n) is 5.47. The number of sulfonamides is 1. The topological polar surface area (TPSA) is 71.5 Å². The molecule has 0 unspecified atom stereocenters. The summed E-state index contributed by atoms with van der Waals surface area (Å²) in [6.07, 6.45) is 1.13. The Morgan fingerprint density at radius 2 is 1.50 bits per heavy atom. The van der Waals surface area contributed by atoms with E-state index in [2.05, 4.69) is 15.9 Å². The Morgan fingerprint density at radius 3 is 2.00 bits per heavy atom. The zero-order chi connectivity index (χ0) is 18.1. The van der Waals surface area contributed by atoms with Gasteiger partial charge in [0.2, 0.25) is 10.0 Å². The Bertz CT molecular complexity index is 938. The molecule has 0 fully saturated rings. The molecule has 0 saturated carbocycles. The lowest BCUT2D eigenvalue weighted by atomic mass is 10.1. The van der Waals surface area contributed by atoms with Crippen molar-refractivity contribution in [1.29, 1.82) is 0 Å². The molecule has 2 aromatic carbocycles. The largest absolute Gasteiger partial charge is 0.244 e. The summed E-state index contributed by atoms with van der Waals surface area (Å²) in [5.74, 6) is 0. The van der Waals surface area contributed by atoms with Crippen LogP contribution in [0.2, 0.25) is 0 Å². The van der Waals surface area contributed by atoms with E-state index >= 15 is 0 Å². The van der Waals surface area contributed by atoms with Crippen molar-refractivity contribution in [3.8, 4) is 0 Å². The van der Waals surface area contributed by atoms with E-state index in [1.54, 1.807) is 37.3 Å². The highest BCUT2D eigenvalue weighted by atomic mass is 79.9. The fourth-order valence-corrected chi connectivity index (χ4v) is 5.16. The molecule has 0 aromatic heterocycles.